The van der Waals surface area contributed by atoms with E-state index in [2.05, 4.69) is 5.32 Å². The standard InChI is InChI=1S/C22H18ClN3O2/c1-28-18-6-4-5-15(13-18)22-25-19-7-2-3-8-20(19)26(22)14-21(27)24-17-11-9-16(23)10-12-17/h2-13H,14H2,1H3,(H,24,27). The molecule has 0 aliphatic rings. The largest absolute Gasteiger partial charge is 0.497 e. The first-order chi connectivity index (χ1) is 13.6. The van der Waals surface area contributed by atoms with Crippen LogP contribution in [-0.2, 0) is 11.3 Å². The number of nitrogens with one attached hydrogen (secondary N) is 1. The summed E-state index contributed by atoms with van der Waals surface area (Å²) in [4.78, 5) is 17.4. The van der Waals surface area contributed by atoms with Crippen LogP contribution in [0.2, 0.25) is 5.02 Å². The monoisotopic (exact) mass is 391 g/mol. The number of hydrogen-bond acceptors (Lipinski definition) is 3. The molecule has 1 amide bonds. The molecule has 28 heavy (non-hydrogen) atoms. The van der Waals surface area contributed by atoms with E-state index in [0.29, 0.717) is 16.5 Å². The van der Waals surface area contributed by atoms with E-state index in [1.165, 1.54) is 0 Å². The Kier molecular flexibility index (Phi) is 5.00. The minimum atomic E-state index is -0.144. The predicted octanol–water partition coefficient (Wildman–Crippen LogP) is 5.00. The number of carbonyl (C=O) groups is 1. The Labute approximate surface area is 167 Å². The Hall–Kier alpha value is -3.31. The lowest BCUT2D eigenvalue weighted by atomic mass is 10.2. The second-order valence-corrected chi connectivity index (χ2v) is 6.73. The van der Waals surface area contributed by atoms with Gasteiger partial charge in [-0.15, -0.1) is 0 Å². The van der Waals surface area contributed by atoms with Gasteiger partial charge in [0.25, 0.3) is 0 Å². The molecule has 1 aromatic heterocycles. The van der Waals surface area contributed by atoms with Crippen molar-refractivity contribution in [3.05, 3.63) is 77.8 Å². The summed E-state index contributed by atoms with van der Waals surface area (Å²) in [5, 5.41) is 3.53. The second-order valence-electron chi connectivity index (χ2n) is 6.30. The number of fused-ring (bicyclic) bond motifs is 1. The number of aromatic nitrogens is 2. The summed E-state index contributed by atoms with van der Waals surface area (Å²) < 4.78 is 7.24. The van der Waals surface area contributed by atoms with Crippen LogP contribution >= 0.6 is 11.6 Å². The van der Waals surface area contributed by atoms with Crippen molar-refractivity contribution in [1.82, 2.24) is 9.55 Å². The molecule has 0 spiro atoms. The Morgan fingerprint density at radius 2 is 1.86 bits per heavy atom. The van der Waals surface area contributed by atoms with Gasteiger partial charge < -0.3 is 14.6 Å². The summed E-state index contributed by atoms with van der Waals surface area (Å²) in [6.45, 7) is 0.135. The smallest absolute Gasteiger partial charge is 0.244 e. The Balaban J connectivity index is 1.70. The lowest BCUT2D eigenvalue weighted by molar-refractivity contribution is -0.116. The molecule has 0 radical (unpaired) electrons. The maximum absolute atomic E-state index is 12.7. The number of rotatable bonds is 5. The predicted molar refractivity (Wildman–Crippen MR) is 112 cm³/mol. The molecule has 1 N–H and O–H groups in total. The molecule has 6 heteroatoms. The van der Waals surface area contributed by atoms with Gasteiger partial charge in [0, 0.05) is 16.3 Å². The van der Waals surface area contributed by atoms with Gasteiger partial charge in [0.1, 0.15) is 18.1 Å². The fraction of sp³-hybridized carbons (Fsp3) is 0.0909. The van der Waals surface area contributed by atoms with Crippen LogP contribution in [0.3, 0.4) is 0 Å². The van der Waals surface area contributed by atoms with Crippen molar-refractivity contribution < 1.29 is 9.53 Å². The topological polar surface area (TPSA) is 56.2 Å². The number of para-hydroxylation sites is 2. The summed E-state index contributed by atoms with van der Waals surface area (Å²) in [5.74, 6) is 1.31. The molecule has 0 atom stereocenters. The first-order valence-corrected chi connectivity index (χ1v) is 9.17. The number of amides is 1. The average Bonchev–Trinajstić information content (AvgIpc) is 3.08. The molecule has 0 aliphatic heterocycles. The van der Waals surface area contributed by atoms with Gasteiger partial charge in [0.2, 0.25) is 5.91 Å². The van der Waals surface area contributed by atoms with Crippen molar-refractivity contribution >= 4 is 34.2 Å². The molecule has 0 saturated heterocycles. The summed E-state index contributed by atoms with van der Waals surface area (Å²) in [5.41, 5.74) is 3.31. The van der Waals surface area contributed by atoms with Gasteiger partial charge in [-0.1, -0.05) is 35.9 Å². The number of hydrogen-bond donors (Lipinski definition) is 1. The van der Waals surface area contributed by atoms with Crippen molar-refractivity contribution in [1.29, 1.82) is 0 Å². The third kappa shape index (κ3) is 3.70. The number of imidazole rings is 1. The molecular weight excluding hydrogens is 374 g/mol. The average molecular weight is 392 g/mol. The molecule has 0 aliphatic carbocycles. The van der Waals surface area contributed by atoms with E-state index in [1.54, 1.807) is 31.4 Å². The third-order valence-corrected chi connectivity index (χ3v) is 4.66. The van der Waals surface area contributed by atoms with Crippen molar-refractivity contribution in [2.24, 2.45) is 0 Å². The highest BCUT2D eigenvalue weighted by Gasteiger charge is 2.15. The normalized spacial score (nSPS) is 10.8. The molecule has 0 unspecified atom stereocenters. The van der Waals surface area contributed by atoms with Crippen molar-refractivity contribution in [3.8, 4) is 17.1 Å². The van der Waals surface area contributed by atoms with Gasteiger partial charge in [0.05, 0.1) is 18.1 Å². The molecule has 1 heterocycles. The van der Waals surface area contributed by atoms with Gasteiger partial charge >= 0.3 is 0 Å². The van der Waals surface area contributed by atoms with E-state index in [0.717, 1.165) is 22.3 Å². The van der Waals surface area contributed by atoms with Crippen molar-refractivity contribution in [2.75, 3.05) is 12.4 Å². The molecule has 4 aromatic rings. The summed E-state index contributed by atoms with van der Waals surface area (Å²) in [7, 11) is 1.63. The third-order valence-electron chi connectivity index (χ3n) is 4.41. The van der Waals surface area contributed by atoms with Crippen molar-refractivity contribution in [2.45, 2.75) is 6.54 Å². The first-order valence-electron chi connectivity index (χ1n) is 8.79. The minimum absolute atomic E-state index is 0.135. The quantitative estimate of drug-likeness (QED) is 0.520. The number of ether oxygens (including phenoxy) is 1. The van der Waals surface area contributed by atoms with Crippen LogP contribution in [-0.4, -0.2) is 22.6 Å². The molecule has 4 rings (SSSR count). The van der Waals surface area contributed by atoms with E-state index in [-0.39, 0.29) is 12.5 Å². The Morgan fingerprint density at radius 1 is 1.07 bits per heavy atom. The number of halogens is 1. The minimum Gasteiger partial charge on any atom is -0.497 e. The second kappa shape index (κ2) is 7.74. The van der Waals surface area contributed by atoms with E-state index in [1.807, 2.05) is 53.1 Å². The maximum atomic E-state index is 12.7. The zero-order valence-corrected chi connectivity index (χ0v) is 16.0. The molecule has 0 fully saturated rings. The summed E-state index contributed by atoms with van der Waals surface area (Å²) in [6.07, 6.45) is 0. The van der Waals surface area contributed by atoms with Gasteiger partial charge in [-0.3, -0.25) is 4.79 Å². The van der Waals surface area contributed by atoms with Crippen molar-refractivity contribution in [3.63, 3.8) is 0 Å². The van der Waals surface area contributed by atoms with Crippen LogP contribution in [0, 0.1) is 0 Å². The van der Waals surface area contributed by atoms with Crippen LogP contribution in [0.15, 0.2) is 72.8 Å². The summed E-state index contributed by atoms with van der Waals surface area (Å²) in [6, 6.07) is 22.5. The SMILES string of the molecule is COc1cccc(-c2nc3ccccc3n2CC(=O)Nc2ccc(Cl)cc2)c1. The van der Waals surface area contributed by atoms with E-state index < -0.39 is 0 Å². The Bertz CT molecular complexity index is 1140. The van der Waals surface area contributed by atoms with E-state index >= 15 is 0 Å². The zero-order valence-electron chi connectivity index (χ0n) is 15.2. The van der Waals surface area contributed by atoms with Crippen LogP contribution in [0.4, 0.5) is 5.69 Å². The highest BCUT2D eigenvalue weighted by molar-refractivity contribution is 6.30. The lowest BCUT2D eigenvalue weighted by Gasteiger charge is -2.11. The first kappa shape index (κ1) is 18.1. The highest BCUT2D eigenvalue weighted by Crippen LogP contribution is 2.27. The van der Waals surface area contributed by atoms with Crippen LogP contribution in [0.25, 0.3) is 22.4 Å². The fourth-order valence-corrected chi connectivity index (χ4v) is 3.22. The Morgan fingerprint density at radius 3 is 2.64 bits per heavy atom. The molecule has 3 aromatic carbocycles. The number of nitrogens with zero attached hydrogens (tertiary/aromatic N) is 2. The number of methoxy groups -OCH3 is 1. The molecule has 0 saturated carbocycles. The van der Waals surface area contributed by atoms with Gasteiger partial charge in [-0.05, 0) is 48.5 Å². The van der Waals surface area contributed by atoms with Gasteiger partial charge in [0.15, 0.2) is 0 Å². The molecule has 140 valence electrons. The summed E-state index contributed by atoms with van der Waals surface area (Å²) >= 11 is 5.91. The van der Waals surface area contributed by atoms with Gasteiger partial charge in [-0.2, -0.15) is 0 Å². The number of carbonyl (C=O) groups excluding carboxylic acids is 1. The zero-order chi connectivity index (χ0) is 19.5. The van der Waals surface area contributed by atoms with Gasteiger partial charge in [-0.25, -0.2) is 4.98 Å². The fourth-order valence-electron chi connectivity index (χ4n) is 3.10. The van der Waals surface area contributed by atoms with Crippen LogP contribution in [0.5, 0.6) is 5.75 Å². The lowest BCUT2D eigenvalue weighted by Crippen LogP contribution is -2.19. The van der Waals surface area contributed by atoms with E-state index in [9.17, 15) is 4.79 Å². The molecule has 0 bridgehead atoms. The van der Waals surface area contributed by atoms with E-state index in [4.69, 9.17) is 21.3 Å². The maximum Gasteiger partial charge on any atom is 0.244 e. The molecular formula is C22H18ClN3O2. The van der Waals surface area contributed by atoms with Crippen LogP contribution in [0.1, 0.15) is 0 Å². The highest BCUT2D eigenvalue weighted by atomic mass is 35.5. The molecule has 5 nitrogen and oxygen atoms in total. The number of anilines is 1. The van der Waals surface area contributed by atoms with Crippen LogP contribution < -0.4 is 10.1 Å². The number of benzene rings is 3.